The van der Waals surface area contributed by atoms with Crippen molar-refractivity contribution >= 4 is 28.4 Å². The van der Waals surface area contributed by atoms with Crippen LogP contribution in [-0.4, -0.2) is 31.9 Å². The molecule has 2 atom stereocenters. The van der Waals surface area contributed by atoms with Crippen LogP contribution in [0.3, 0.4) is 0 Å². The highest BCUT2D eigenvalue weighted by Gasteiger charge is 2.20. The molecule has 0 radical (unpaired) electrons. The fraction of sp³-hybridized carbons (Fsp3) is 0.296. The summed E-state index contributed by atoms with van der Waals surface area (Å²) in [6, 6.07) is 13.4. The highest BCUT2D eigenvalue weighted by Crippen LogP contribution is 2.34. The summed E-state index contributed by atoms with van der Waals surface area (Å²) in [6.45, 7) is 7.39. The molecule has 4 aromatic rings. The van der Waals surface area contributed by atoms with E-state index in [1.165, 1.54) is 6.92 Å². The van der Waals surface area contributed by atoms with Gasteiger partial charge in [-0.05, 0) is 63.1 Å². The molecule has 1 amide bonds. The zero-order valence-corrected chi connectivity index (χ0v) is 21.2. The molecule has 0 bridgehead atoms. The lowest BCUT2D eigenvalue weighted by molar-refractivity contribution is -0.129. The van der Waals surface area contributed by atoms with Crippen LogP contribution in [0, 0.1) is 13.8 Å². The second-order valence-electron chi connectivity index (χ2n) is 8.81. The Morgan fingerprint density at radius 1 is 1.20 bits per heavy atom. The summed E-state index contributed by atoms with van der Waals surface area (Å²) >= 11 is 6.63. The van der Waals surface area contributed by atoms with E-state index in [1.54, 1.807) is 6.20 Å². The number of nitrogens with one attached hydrogen (secondary N) is 1. The van der Waals surface area contributed by atoms with E-state index in [9.17, 15) is 9.90 Å². The van der Waals surface area contributed by atoms with E-state index in [0.717, 1.165) is 44.5 Å². The van der Waals surface area contributed by atoms with Gasteiger partial charge in [-0.15, -0.1) is 0 Å². The van der Waals surface area contributed by atoms with Gasteiger partial charge in [-0.25, -0.2) is 4.98 Å². The summed E-state index contributed by atoms with van der Waals surface area (Å²) in [4.78, 5) is 16.8. The molecule has 0 aliphatic rings. The molecule has 2 N–H and O–H groups in total. The van der Waals surface area contributed by atoms with Crippen LogP contribution in [0.4, 0.5) is 0 Å². The summed E-state index contributed by atoms with van der Waals surface area (Å²) in [6.07, 6.45) is 0.673. The van der Waals surface area contributed by atoms with Crippen molar-refractivity contribution in [2.45, 2.75) is 46.4 Å². The molecule has 182 valence electrons. The highest BCUT2D eigenvalue weighted by molar-refractivity contribution is 6.31. The van der Waals surface area contributed by atoms with Crippen LogP contribution in [0.1, 0.15) is 42.3 Å². The minimum atomic E-state index is -1.10. The normalized spacial score (nSPS) is 13.0. The third-order valence-electron chi connectivity index (χ3n) is 5.98. The second kappa shape index (κ2) is 10.1. The minimum absolute atomic E-state index is 0.194. The average Bonchev–Trinajstić information content (AvgIpc) is 3.23. The van der Waals surface area contributed by atoms with Gasteiger partial charge in [0, 0.05) is 40.5 Å². The quantitative estimate of drug-likeness (QED) is 0.377. The van der Waals surface area contributed by atoms with Crippen molar-refractivity contribution in [1.29, 1.82) is 0 Å². The number of aryl methyl sites for hydroxylation is 3. The maximum absolute atomic E-state index is 12.1. The second-order valence-corrected chi connectivity index (χ2v) is 9.22. The van der Waals surface area contributed by atoms with Crippen LogP contribution in [0.5, 0.6) is 5.75 Å². The maximum atomic E-state index is 12.1. The molecule has 2 aromatic heterocycles. The molecule has 2 heterocycles. The van der Waals surface area contributed by atoms with Gasteiger partial charge in [-0.2, -0.15) is 5.10 Å². The van der Waals surface area contributed by atoms with Gasteiger partial charge in [-0.3, -0.25) is 9.48 Å². The van der Waals surface area contributed by atoms with Gasteiger partial charge in [0.25, 0.3) is 0 Å². The van der Waals surface area contributed by atoms with Crippen molar-refractivity contribution in [3.8, 4) is 17.0 Å². The van der Waals surface area contributed by atoms with Crippen molar-refractivity contribution in [2.24, 2.45) is 7.05 Å². The lowest BCUT2D eigenvalue weighted by Gasteiger charge is -2.21. The molecular weight excluding hydrogens is 464 g/mol. The molecule has 35 heavy (non-hydrogen) atoms. The molecule has 2 aromatic carbocycles. The maximum Gasteiger partial charge on any atom is 0.249 e. The SMILES string of the molecule is Cc1cc(Cl)c(COc2cccc3c(-c4ccnn4C)cc(C)nc23)c([C@H](C)NC(=O)[C@@H](C)O)c1. The Hall–Kier alpha value is -3.42. The average molecular weight is 493 g/mol. The zero-order chi connectivity index (χ0) is 25.3. The molecule has 0 aliphatic heterocycles. The first kappa shape index (κ1) is 24.7. The highest BCUT2D eigenvalue weighted by atomic mass is 35.5. The number of benzene rings is 2. The number of hydrogen-bond acceptors (Lipinski definition) is 5. The number of halogens is 1. The number of hydrogen-bond donors (Lipinski definition) is 2. The Labute approximate surface area is 209 Å². The third-order valence-corrected chi connectivity index (χ3v) is 6.32. The van der Waals surface area contributed by atoms with E-state index in [4.69, 9.17) is 21.3 Å². The predicted octanol–water partition coefficient (Wildman–Crippen LogP) is 5.04. The number of aromatic nitrogens is 3. The first-order chi connectivity index (χ1) is 16.7. The van der Waals surface area contributed by atoms with Crippen LogP contribution in [-0.2, 0) is 18.4 Å². The summed E-state index contributed by atoms with van der Waals surface area (Å²) in [5.74, 6) is 0.191. The summed E-state index contributed by atoms with van der Waals surface area (Å²) in [5.41, 5.74) is 6.22. The Kier molecular flexibility index (Phi) is 7.10. The van der Waals surface area contributed by atoms with E-state index in [1.807, 2.05) is 75.0 Å². The Morgan fingerprint density at radius 3 is 2.66 bits per heavy atom. The van der Waals surface area contributed by atoms with Crippen molar-refractivity contribution in [3.05, 3.63) is 76.1 Å². The standard InChI is InChI=1S/C27H29ClN4O3/c1-15-11-20(17(3)31-27(34)18(4)33)22(23(28)12-15)14-35-25-8-6-7-19-21(13-16(2)30-26(19)25)24-9-10-29-32(24)5/h6-13,17-18,33H,14H2,1-5H3,(H,31,34)/t17-,18+/m0/s1. The van der Waals surface area contributed by atoms with E-state index in [2.05, 4.69) is 10.4 Å². The smallest absolute Gasteiger partial charge is 0.249 e. The lowest BCUT2D eigenvalue weighted by Crippen LogP contribution is -2.34. The summed E-state index contributed by atoms with van der Waals surface area (Å²) < 4.78 is 8.13. The van der Waals surface area contributed by atoms with Gasteiger partial charge in [0.05, 0.1) is 11.7 Å². The van der Waals surface area contributed by atoms with Crippen LogP contribution >= 0.6 is 11.6 Å². The lowest BCUT2D eigenvalue weighted by atomic mass is 9.99. The van der Waals surface area contributed by atoms with Gasteiger partial charge in [0.15, 0.2) is 0 Å². The van der Waals surface area contributed by atoms with E-state index in [-0.39, 0.29) is 12.6 Å². The molecule has 8 heteroatoms. The fourth-order valence-corrected chi connectivity index (χ4v) is 4.55. The van der Waals surface area contributed by atoms with Crippen LogP contribution < -0.4 is 10.1 Å². The monoisotopic (exact) mass is 492 g/mol. The fourth-order valence-electron chi connectivity index (χ4n) is 4.22. The number of aliphatic hydroxyl groups is 1. The molecule has 0 unspecified atom stereocenters. The number of para-hydroxylation sites is 1. The largest absolute Gasteiger partial charge is 0.487 e. The number of carbonyl (C=O) groups excluding carboxylic acids is 1. The number of pyridine rings is 1. The number of fused-ring (bicyclic) bond motifs is 1. The molecule has 0 fully saturated rings. The number of nitrogens with zero attached hydrogens (tertiary/aromatic N) is 3. The number of rotatable bonds is 7. The van der Waals surface area contributed by atoms with Crippen molar-refractivity contribution in [3.63, 3.8) is 0 Å². The van der Waals surface area contributed by atoms with E-state index < -0.39 is 12.0 Å². The molecule has 0 saturated carbocycles. The van der Waals surface area contributed by atoms with E-state index >= 15 is 0 Å². The molecular formula is C27H29ClN4O3. The Morgan fingerprint density at radius 2 is 1.97 bits per heavy atom. The molecule has 0 aliphatic carbocycles. The molecule has 7 nitrogen and oxygen atoms in total. The van der Waals surface area contributed by atoms with Gasteiger partial charge in [-0.1, -0.05) is 29.8 Å². The first-order valence-corrected chi connectivity index (χ1v) is 11.8. The van der Waals surface area contributed by atoms with Crippen LogP contribution in [0.25, 0.3) is 22.2 Å². The van der Waals surface area contributed by atoms with Gasteiger partial charge in [0.1, 0.15) is 24.0 Å². The van der Waals surface area contributed by atoms with Crippen molar-refractivity contribution in [2.75, 3.05) is 0 Å². The summed E-state index contributed by atoms with van der Waals surface area (Å²) in [5, 5.41) is 18.3. The minimum Gasteiger partial charge on any atom is -0.487 e. The number of amides is 1. The van der Waals surface area contributed by atoms with Gasteiger partial charge in [0.2, 0.25) is 5.91 Å². The van der Waals surface area contributed by atoms with Crippen molar-refractivity contribution in [1.82, 2.24) is 20.1 Å². The summed E-state index contributed by atoms with van der Waals surface area (Å²) in [7, 11) is 1.91. The number of carbonyl (C=O) groups is 1. The number of aliphatic hydroxyl groups excluding tert-OH is 1. The van der Waals surface area contributed by atoms with Gasteiger partial charge >= 0.3 is 0 Å². The van der Waals surface area contributed by atoms with Crippen molar-refractivity contribution < 1.29 is 14.6 Å². The van der Waals surface area contributed by atoms with Crippen LogP contribution in [0.2, 0.25) is 5.02 Å². The molecule has 4 rings (SSSR count). The molecule has 0 saturated heterocycles. The van der Waals surface area contributed by atoms with E-state index in [0.29, 0.717) is 10.8 Å². The third kappa shape index (κ3) is 5.16. The topological polar surface area (TPSA) is 89.3 Å². The molecule has 0 spiro atoms. The zero-order valence-electron chi connectivity index (χ0n) is 20.5. The van der Waals surface area contributed by atoms with Crippen LogP contribution in [0.15, 0.2) is 48.7 Å². The Bertz CT molecular complexity index is 1400. The Balaban J connectivity index is 1.71. The first-order valence-electron chi connectivity index (χ1n) is 11.4. The number of ether oxygens (including phenoxy) is 1. The van der Waals surface area contributed by atoms with Gasteiger partial charge < -0.3 is 15.2 Å². The predicted molar refractivity (Wildman–Crippen MR) is 137 cm³/mol.